The van der Waals surface area contributed by atoms with E-state index in [0.29, 0.717) is 11.1 Å². The zero-order valence-electron chi connectivity index (χ0n) is 9.75. The Morgan fingerprint density at radius 2 is 1.40 bits per heavy atom. The van der Waals surface area contributed by atoms with Crippen molar-refractivity contribution in [2.45, 2.75) is 68.5 Å². The zero-order chi connectivity index (χ0) is 10.7. The van der Waals surface area contributed by atoms with Crippen LogP contribution in [0.15, 0.2) is 12.7 Å². The molecule has 0 amide bonds. The highest BCUT2D eigenvalue weighted by Crippen LogP contribution is 2.50. The maximum atomic E-state index is 11.1. The van der Waals surface area contributed by atoms with E-state index >= 15 is 0 Å². The Morgan fingerprint density at radius 3 is 1.73 bits per heavy atom. The molecule has 0 bridgehead atoms. The van der Waals surface area contributed by atoms with Gasteiger partial charge in [0.05, 0.1) is 0 Å². The fourth-order valence-corrected chi connectivity index (χ4v) is 8.36. The minimum absolute atomic E-state index is 0.693. The molecule has 0 unspecified atom stereocenters. The van der Waals surface area contributed by atoms with Crippen molar-refractivity contribution in [3.8, 4) is 0 Å². The van der Waals surface area contributed by atoms with Crippen LogP contribution in [0.2, 0.25) is 17.1 Å². The van der Waals surface area contributed by atoms with Gasteiger partial charge in [-0.3, -0.25) is 0 Å². The van der Waals surface area contributed by atoms with Crippen molar-refractivity contribution in [2.75, 3.05) is 0 Å². The van der Waals surface area contributed by atoms with Crippen molar-refractivity contribution in [1.29, 1.82) is 0 Å². The predicted octanol–water partition coefficient (Wildman–Crippen LogP) is 4.00. The van der Waals surface area contributed by atoms with Crippen LogP contribution in [0.25, 0.3) is 0 Å². The van der Waals surface area contributed by atoms with E-state index in [1.165, 1.54) is 51.4 Å². The summed E-state index contributed by atoms with van der Waals surface area (Å²) in [7, 11) is -2.00. The van der Waals surface area contributed by atoms with Crippen molar-refractivity contribution >= 4 is 8.32 Å². The molecule has 0 aromatic heterocycles. The summed E-state index contributed by atoms with van der Waals surface area (Å²) in [5.41, 5.74) is 1.39. The summed E-state index contributed by atoms with van der Waals surface area (Å²) >= 11 is 0. The second-order valence-electron chi connectivity index (χ2n) is 5.45. The number of rotatable bonds is 4. The second-order valence-corrected chi connectivity index (χ2v) is 9.47. The van der Waals surface area contributed by atoms with Crippen LogP contribution < -0.4 is 0 Å². The molecule has 0 aromatic rings. The molecule has 0 aliphatic heterocycles. The molecule has 0 saturated heterocycles. The quantitative estimate of drug-likeness (QED) is 0.565. The molecule has 1 nitrogen and oxygen atoms in total. The Hall–Kier alpha value is -0.0831. The van der Waals surface area contributed by atoms with Gasteiger partial charge in [-0.25, -0.2) is 0 Å². The Labute approximate surface area is 94.7 Å². The first-order valence-corrected chi connectivity index (χ1v) is 8.91. The molecule has 0 aromatic carbocycles. The first-order chi connectivity index (χ1) is 7.27. The van der Waals surface area contributed by atoms with E-state index in [4.69, 9.17) is 0 Å². The van der Waals surface area contributed by atoms with Gasteiger partial charge in [0.1, 0.15) is 0 Å². The molecule has 2 saturated carbocycles. The topological polar surface area (TPSA) is 20.2 Å². The van der Waals surface area contributed by atoms with E-state index in [9.17, 15) is 4.80 Å². The van der Waals surface area contributed by atoms with Crippen LogP contribution in [-0.4, -0.2) is 13.1 Å². The molecule has 2 aliphatic rings. The van der Waals surface area contributed by atoms with Gasteiger partial charge in [-0.1, -0.05) is 57.4 Å². The summed E-state index contributed by atoms with van der Waals surface area (Å²) in [6.45, 7) is 3.86. The van der Waals surface area contributed by atoms with E-state index in [1.807, 2.05) is 6.08 Å². The van der Waals surface area contributed by atoms with Gasteiger partial charge in [0.2, 0.25) is 0 Å². The molecule has 2 rings (SSSR count). The summed E-state index contributed by atoms with van der Waals surface area (Å²) in [5.74, 6) is 0. The van der Waals surface area contributed by atoms with E-state index in [1.54, 1.807) is 0 Å². The van der Waals surface area contributed by atoms with Gasteiger partial charge in [-0.15, -0.1) is 6.58 Å². The third-order valence-electron chi connectivity index (χ3n) is 4.60. The SMILES string of the molecule is C=CC[Si](O)(C1CCCC1)C1CCCC1. The maximum absolute atomic E-state index is 11.1. The van der Waals surface area contributed by atoms with Gasteiger partial charge < -0.3 is 4.80 Å². The minimum Gasteiger partial charge on any atom is -0.431 e. The van der Waals surface area contributed by atoms with Crippen LogP contribution in [0.1, 0.15) is 51.4 Å². The smallest absolute Gasteiger partial charge is 0.198 e. The Bertz CT molecular complexity index is 199. The molecule has 0 spiro atoms. The summed E-state index contributed by atoms with van der Waals surface area (Å²) in [4.78, 5) is 11.1. The van der Waals surface area contributed by atoms with Crippen molar-refractivity contribution in [3.63, 3.8) is 0 Å². The fraction of sp³-hybridized carbons (Fsp3) is 0.846. The molecule has 86 valence electrons. The second kappa shape index (κ2) is 4.83. The lowest BCUT2D eigenvalue weighted by molar-refractivity contribution is 0.472. The van der Waals surface area contributed by atoms with Gasteiger partial charge in [-0.05, 0) is 17.1 Å². The van der Waals surface area contributed by atoms with Gasteiger partial charge in [0.15, 0.2) is 8.32 Å². The lowest BCUT2D eigenvalue weighted by atomic mass is 10.3. The number of hydrogen-bond donors (Lipinski definition) is 1. The standard InChI is InChI=1S/C13H24OSi/c1-2-11-15(14,12-7-3-4-8-12)13-9-5-6-10-13/h2,12-14H,1,3-11H2. The van der Waals surface area contributed by atoms with E-state index in [2.05, 4.69) is 6.58 Å². The molecule has 2 aliphatic carbocycles. The highest BCUT2D eigenvalue weighted by Gasteiger charge is 2.47. The largest absolute Gasteiger partial charge is 0.431 e. The van der Waals surface area contributed by atoms with Gasteiger partial charge >= 0.3 is 0 Å². The average Bonchev–Trinajstić information content (AvgIpc) is 2.92. The van der Waals surface area contributed by atoms with Crippen LogP contribution >= 0.6 is 0 Å². The first kappa shape index (κ1) is 11.4. The van der Waals surface area contributed by atoms with Gasteiger partial charge in [0, 0.05) is 0 Å². The summed E-state index contributed by atoms with van der Waals surface area (Å²) in [6, 6.07) is 0.947. The van der Waals surface area contributed by atoms with Gasteiger partial charge in [0.25, 0.3) is 0 Å². The van der Waals surface area contributed by atoms with Crippen LogP contribution in [0.5, 0.6) is 0 Å². The third kappa shape index (κ3) is 2.21. The lowest BCUT2D eigenvalue weighted by Gasteiger charge is -2.36. The van der Waals surface area contributed by atoms with Crippen LogP contribution in [-0.2, 0) is 0 Å². The number of allylic oxidation sites excluding steroid dienone is 1. The minimum atomic E-state index is -2.00. The van der Waals surface area contributed by atoms with E-state index in [-0.39, 0.29) is 0 Å². The summed E-state index contributed by atoms with van der Waals surface area (Å²) in [6.07, 6.45) is 12.6. The fourth-order valence-electron chi connectivity index (χ4n) is 3.75. The normalized spacial score (nSPS) is 24.9. The molecule has 15 heavy (non-hydrogen) atoms. The van der Waals surface area contributed by atoms with Crippen molar-refractivity contribution in [2.24, 2.45) is 0 Å². The zero-order valence-corrected chi connectivity index (χ0v) is 10.8. The molecule has 0 radical (unpaired) electrons. The highest BCUT2D eigenvalue weighted by atomic mass is 28.4. The van der Waals surface area contributed by atoms with Crippen molar-refractivity contribution in [1.82, 2.24) is 0 Å². The Balaban J connectivity index is 2.09. The summed E-state index contributed by atoms with van der Waals surface area (Å²) < 4.78 is 0. The molecule has 2 fully saturated rings. The Morgan fingerprint density at radius 1 is 1.00 bits per heavy atom. The first-order valence-electron chi connectivity index (χ1n) is 6.60. The molecular weight excluding hydrogens is 200 g/mol. The molecule has 0 heterocycles. The molecule has 1 N–H and O–H groups in total. The van der Waals surface area contributed by atoms with E-state index < -0.39 is 8.32 Å². The summed E-state index contributed by atoms with van der Waals surface area (Å²) in [5, 5.41) is 0. The van der Waals surface area contributed by atoms with Gasteiger partial charge in [-0.2, -0.15) is 0 Å². The van der Waals surface area contributed by atoms with Crippen LogP contribution in [0, 0.1) is 0 Å². The average molecular weight is 224 g/mol. The highest BCUT2D eigenvalue weighted by molar-refractivity contribution is 6.76. The third-order valence-corrected chi connectivity index (χ3v) is 9.52. The monoisotopic (exact) mass is 224 g/mol. The lowest BCUT2D eigenvalue weighted by Crippen LogP contribution is -2.43. The molecular formula is C13H24OSi. The van der Waals surface area contributed by atoms with Crippen molar-refractivity contribution < 1.29 is 4.80 Å². The molecule has 0 atom stereocenters. The van der Waals surface area contributed by atoms with Crippen LogP contribution in [0.4, 0.5) is 0 Å². The van der Waals surface area contributed by atoms with E-state index in [0.717, 1.165) is 6.04 Å². The number of hydrogen-bond acceptors (Lipinski definition) is 1. The predicted molar refractivity (Wildman–Crippen MR) is 67.4 cm³/mol. The maximum Gasteiger partial charge on any atom is 0.198 e. The van der Waals surface area contributed by atoms with Crippen molar-refractivity contribution in [3.05, 3.63) is 12.7 Å². The van der Waals surface area contributed by atoms with Crippen LogP contribution in [0.3, 0.4) is 0 Å². The Kier molecular flexibility index (Phi) is 3.67. The molecule has 2 heteroatoms.